The van der Waals surface area contributed by atoms with Gasteiger partial charge in [0.2, 0.25) is 0 Å². The van der Waals surface area contributed by atoms with E-state index in [0.29, 0.717) is 0 Å². The molecule has 1 unspecified atom stereocenters. The molecule has 0 spiro atoms. The molecular formula is C9H16N2OS. The number of nitrogens with one attached hydrogen (secondary N) is 1. The van der Waals surface area contributed by atoms with Crippen molar-refractivity contribution in [3.8, 4) is 0 Å². The highest BCUT2D eigenvalue weighted by atomic mass is 32.1. The highest BCUT2D eigenvalue weighted by Crippen LogP contribution is 2.15. The molecule has 0 saturated carbocycles. The number of thiazole rings is 1. The van der Waals surface area contributed by atoms with Gasteiger partial charge < -0.3 is 10.4 Å². The van der Waals surface area contributed by atoms with Crippen molar-refractivity contribution in [2.75, 3.05) is 11.9 Å². The molecule has 1 aromatic heterocycles. The first kappa shape index (κ1) is 10.5. The number of aryl methyl sites for hydroxylation is 1. The summed E-state index contributed by atoms with van der Waals surface area (Å²) in [6.07, 6.45) is 1.51. The lowest BCUT2D eigenvalue weighted by atomic mass is 10.3. The Labute approximate surface area is 82.8 Å². The lowest BCUT2D eigenvalue weighted by Gasteiger charge is -2.03. The summed E-state index contributed by atoms with van der Waals surface area (Å²) in [5.74, 6) is 0. The maximum Gasteiger partial charge on any atom is 0.182 e. The van der Waals surface area contributed by atoms with Crippen LogP contribution in [-0.2, 0) is 6.42 Å². The second-order valence-electron chi connectivity index (χ2n) is 3.06. The van der Waals surface area contributed by atoms with Crippen molar-refractivity contribution in [1.82, 2.24) is 4.98 Å². The maximum absolute atomic E-state index is 9.02. The predicted octanol–water partition coefficient (Wildman–Crippen LogP) is 1.89. The Hall–Kier alpha value is -0.610. The minimum absolute atomic E-state index is 0.238. The van der Waals surface area contributed by atoms with Gasteiger partial charge >= 0.3 is 0 Å². The van der Waals surface area contributed by atoms with E-state index in [0.717, 1.165) is 30.2 Å². The molecule has 13 heavy (non-hydrogen) atoms. The molecule has 1 atom stereocenters. The third-order valence-electron chi connectivity index (χ3n) is 1.75. The molecule has 0 bridgehead atoms. The molecule has 1 aromatic rings. The topological polar surface area (TPSA) is 45.1 Å². The summed E-state index contributed by atoms with van der Waals surface area (Å²) in [5, 5.41) is 15.2. The Balaban J connectivity index is 2.28. The van der Waals surface area contributed by atoms with Gasteiger partial charge in [-0.2, -0.15) is 0 Å². The Morgan fingerprint density at radius 1 is 1.69 bits per heavy atom. The molecule has 4 heteroatoms. The molecule has 0 aliphatic heterocycles. The zero-order valence-corrected chi connectivity index (χ0v) is 8.90. The summed E-state index contributed by atoms with van der Waals surface area (Å²) in [7, 11) is 0. The lowest BCUT2D eigenvalue weighted by Crippen LogP contribution is -2.09. The van der Waals surface area contributed by atoms with Gasteiger partial charge in [0.1, 0.15) is 0 Å². The van der Waals surface area contributed by atoms with Crippen LogP contribution in [0.3, 0.4) is 0 Å². The van der Waals surface area contributed by atoms with Crippen LogP contribution in [0.4, 0.5) is 5.13 Å². The van der Waals surface area contributed by atoms with Crippen molar-refractivity contribution < 1.29 is 5.11 Å². The van der Waals surface area contributed by atoms with Crippen molar-refractivity contribution in [2.24, 2.45) is 0 Å². The molecular weight excluding hydrogens is 184 g/mol. The van der Waals surface area contributed by atoms with Crippen LogP contribution in [0.25, 0.3) is 0 Å². The molecule has 1 heterocycles. The standard InChI is InChI=1S/C9H16N2OS/c1-3-8-6-13-9(11-8)10-5-4-7(2)12/h6-7,12H,3-5H2,1-2H3,(H,10,11). The van der Waals surface area contributed by atoms with Crippen LogP contribution in [0.2, 0.25) is 0 Å². The van der Waals surface area contributed by atoms with Gasteiger partial charge in [-0.25, -0.2) is 4.98 Å². The van der Waals surface area contributed by atoms with E-state index >= 15 is 0 Å². The molecule has 0 saturated heterocycles. The summed E-state index contributed by atoms with van der Waals surface area (Å²) >= 11 is 1.62. The Morgan fingerprint density at radius 2 is 2.46 bits per heavy atom. The number of anilines is 1. The van der Waals surface area contributed by atoms with Crippen LogP contribution < -0.4 is 5.32 Å². The van der Waals surface area contributed by atoms with Gasteiger partial charge in [-0.15, -0.1) is 11.3 Å². The number of aliphatic hydroxyl groups excluding tert-OH is 1. The summed E-state index contributed by atoms with van der Waals surface area (Å²) in [6, 6.07) is 0. The second kappa shape index (κ2) is 5.19. The van der Waals surface area contributed by atoms with Crippen LogP contribution in [0, 0.1) is 0 Å². The Bertz CT molecular complexity index is 248. The normalized spacial score (nSPS) is 12.8. The molecule has 2 N–H and O–H groups in total. The average Bonchev–Trinajstić information content (AvgIpc) is 2.52. The van der Waals surface area contributed by atoms with Crippen LogP contribution in [0.5, 0.6) is 0 Å². The van der Waals surface area contributed by atoms with E-state index < -0.39 is 0 Å². The highest BCUT2D eigenvalue weighted by Gasteiger charge is 2.00. The monoisotopic (exact) mass is 200 g/mol. The summed E-state index contributed by atoms with van der Waals surface area (Å²) in [5.41, 5.74) is 1.13. The fourth-order valence-electron chi connectivity index (χ4n) is 0.939. The molecule has 0 aromatic carbocycles. The van der Waals surface area contributed by atoms with Crippen LogP contribution in [0.1, 0.15) is 26.0 Å². The van der Waals surface area contributed by atoms with Gasteiger partial charge in [-0.3, -0.25) is 0 Å². The van der Waals surface area contributed by atoms with Crippen LogP contribution in [-0.4, -0.2) is 22.7 Å². The first-order valence-corrected chi connectivity index (χ1v) is 5.46. The summed E-state index contributed by atoms with van der Waals surface area (Å²) < 4.78 is 0. The second-order valence-corrected chi connectivity index (χ2v) is 3.92. The zero-order chi connectivity index (χ0) is 9.68. The van der Waals surface area contributed by atoms with E-state index in [-0.39, 0.29) is 6.10 Å². The van der Waals surface area contributed by atoms with Gasteiger partial charge in [0.15, 0.2) is 5.13 Å². The fraction of sp³-hybridized carbons (Fsp3) is 0.667. The third-order valence-corrected chi connectivity index (χ3v) is 2.60. The van der Waals surface area contributed by atoms with Gasteiger partial charge in [0, 0.05) is 11.9 Å². The van der Waals surface area contributed by atoms with Crippen molar-refractivity contribution in [3.63, 3.8) is 0 Å². The van der Waals surface area contributed by atoms with Crippen LogP contribution in [0.15, 0.2) is 5.38 Å². The fourth-order valence-corrected chi connectivity index (χ4v) is 1.76. The summed E-state index contributed by atoms with van der Waals surface area (Å²) in [6.45, 7) is 4.67. The predicted molar refractivity (Wildman–Crippen MR) is 56.3 cm³/mol. The highest BCUT2D eigenvalue weighted by molar-refractivity contribution is 7.13. The van der Waals surface area contributed by atoms with Gasteiger partial charge in [0.05, 0.1) is 11.8 Å². The van der Waals surface area contributed by atoms with Crippen molar-refractivity contribution in [3.05, 3.63) is 11.1 Å². The first-order chi connectivity index (χ1) is 6.22. The molecule has 74 valence electrons. The third kappa shape index (κ3) is 3.74. The minimum Gasteiger partial charge on any atom is -0.393 e. The van der Waals surface area contributed by atoms with E-state index in [1.165, 1.54) is 0 Å². The van der Waals surface area contributed by atoms with Crippen molar-refractivity contribution in [2.45, 2.75) is 32.8 Å². The number of hydrogen-bond donors (Lipinski definition) is 2. The van der Waals surface area contributed by atoms with Crippen molar-refractivity contribution >= 4 is 16.5 Å². The number of nitrogens with zero attached hydrogens (tertiary/aromatic N) is 1. The number of hydrogen-bond acceptors (Lipinski definition) is 4. The van der Waals surface area contributed by atoms with E-state index in [1.807, 2.05) is 0 Å². The quantitative estimate of drug-likeness (QED) is 0.763. The van der Waals surface area contributed by atoms with Gasteiger partial charge in [-0.05, 0) is 19.8 Å². The molecule has 0 fully saturated rings. The van der Waals surface area contributed by atoms with Gasteiger partial charge in [-0.1, -0.05) is 6.92 Å². The Kier molecular flexibility index (Phi) is 4.18. The molecule has 0 aliphatic rings. The number of aliphatic hydroxyl groups is 1. The average molecular weight is 200 g/mol. The number of rotatable bonds is 5. The smallest absolute Gasteiger partial charge is 0.182 e. The molecule has 0 aliphatic carbocycles. The molecule has 0 amide bonds. The first-order valence-electron chi connectivity index (χ1n) is 4.58. The zero-order valence-electron chi connectivity index (χ0n) is 8.08. The Morgan fingerprint density at radius 3 is 3.00 bits per heavy atom. The largest absolute Gasteiger partial charge is 0.393 e. The van der Waals surface area contributed by atoms with Crippen molar-refractivity contribution in [1.29, 1.82) is 0 Å². The lowest BCUT2D eigenvalue weighted by molar-refractivity contribution is 0.189. The molecule has 0 radical (unpaired) electrons. The van der Waals surface area contributed by atoms with E-state index in [9.17, 15) is 0 Å². The van der Waals surface area contributed by atoms with E-state index in [4.69, 9.17) is 5.11 Å². The summed E-state index contributed by atoms with van der Waals surface area (Å²) in [4.78, 5) is 4.35. The van der Waals surface area contributed by atoms with E-state index in [2.05, 4.69) is 22.6 Å². The van der Waals surface area contributed by atoms with E-state index in [1.54, 1.807) is 18.3 Å². The SMILES string of the molecule is CCc1csc(NCCC(C)O)n1. The number of aromatic nitrogens is 1. The maximum atomic E-state index is 9.02. The van der Waals surface area contributed by atoms with Crippen LogP contribution >= 0.6 is 11.3 Å². The van der Waals surface area contributed by atoms with Gasteiger partial charge in [0.25, 0.3) is 0 Å². The molecule has 1 rings (SSSR count). The minimum atomic E-state index is -0.238. The molecule has 3 nitrogen and oxygen atoms in total.